The molecular weight excluding hydrogens is 202 g/mol. The van der Waals surface area contributed by atoms with Crippen molar-refractivity contribution >= 4 is 5.97 Å². The number of hydrogen-bond acceptors (Lipinski definition) is 2. The predicted molar refractivity (Wildman–Crippen MR) is 64.1 cm³/mol. The Hall–Kier alpha value is -1.35. The van der Waals surface area contributed by atoms with Crippen LogP contribution in [0.4, 0.5) is 0 Å². The lowest BCUT2D eigenvalue weighted by Crippen LogP contribution is -2.45. The Labute approximate surface area is 96.3 Å². The van der Waals surface area contributed by atoms with Crippen LogP contribution in [0.1, 0.15) is 31.4 Å². The molecule has 0 aliphatic heterocycles. The average molecular weight is 221 g/mol. The van der Waals surface area contributed by atoms with Gasteiger partial charge >= 0.3 is 5.97 Å². The summed E-state index contributed by atoms with van der Waals surface area (Å²) in [6.07, 6.45) is 0.436. The van der Waals surface area contributed by atoms with Crippen molar-refractivity contribution in [1.82, 2.24) is 0 Å². The van der Waals surface area contributed by atoms with Gasteiger partial charge in [0.05, 0.1) is 0 Å². The van der Waals surface area contributed by atoms with Crippen LogP contribution >= 0.6 is 0 Å². The van der Waals surface area contributed by atoms with Gasteiger partial charge in [-0.1, -0.05) is 43.7 Å². The minimum Gasteiger partial charge on any atom is -0.480 e. The molecule has 1 rings (SSSR count). The molecule has 0 saturated carbocycles. The Kier molecular flexibility index (Phi) is 3.70. The van der Waals surface area contributed by atoms with Gasteiger partial charge in [0, 0.05) is 0 Å². The zero-order valence-corrected chi connectivity index (χ0v) is 10.0. The van der Waals surface area contributed by atoms with E-state index >= 15 is 0 Å². The number of carboxylic acids is 1. The van der Waals surface area contributed by atoms with Crippen molar-refractivity contribution in [3.8, 4) is 0 Å². The monoisotopic (exact) mass is 221 g/mol. The zero-order valence-electron chi connectivity index (χ0n) is 10.0. The summed E-state index contributed by atoms with van der Waals surface area (Å²) in [6.45, 7) is 5.91. The Morgan fingerprint density at radius 2 is 1.88 bits per heavy atom. The van der Waals surface area contributed by atoms with Crippen LogP contribution in [0.2, 0.25) is 0 Å². The Balaban J connectivity index is 3.11. The Morgan fingerprint density at radius 1 is 1.38 bits per heavy atom. The fraction of sp³-hybridized carbons (Fsp3) is 0.462. The number of carboxylic acid groups (broad SMARTS) is 1. The first kappa shape index (κ1) is 12.7. The maximum absolute atomic E-state index is 11.3. The number of rotatable bonds is 4. The van der Waals surface area contributed by atoms with Gasteiger partial charge in [0.2, 0.25) is 0 Å². The minimum atomic E-state index is -1.28. The molecule has 3 nitrogen and oxygen atoms in total. The molecule has 0 fully saturated rings. The first-order valence-electron chi connectivity index (χ1n) is 5.45. The van der Waals surface area contributed by atoms with Gasteiger partial charge in [0.25, 0.3) is 0 Å². The molecule has 1 aromatic carbocycles. The zero-order chi connectivity index (χ0) is 12.3. The van der Waals surface area contributed by atoms with Gasteiger partial charge in [0.15, 0.2) is 0 Å². The van der Waals surface area contributed by atoms with E-state index in [0.717, 1.165) is 5.56 Å². The van der Waals surface area contributed by atoms with E-state index < -0.39 is 11.5 Å². The van der Waals surface area contributed by atoms with E-state index in [1.165, 1.54) is 0 Å². The first-order chi connectivity index (χ1) is 7.36. The van der Waals surface area contributed by atoms with Crippen LogP contribution in [0.3, 0.4) is 0 Å². The summed E-state index contributed by atoms with van der Waals surface area (Å²) in [5, 5.41) is 9.28. The molecule has 0 aliphatic carbocycles. The van der Waals surface area contributed by atoms with Crippen molar-refractivity contribution in [2.75, 3.05) is 0 Å². The maximum Gasteiger partial charge on any atom is 0.328 e. The van der Waals surface area contributed by atoms with Crippen LogP contribution in [-0.4, -0.2) is 11.1 Å². The molecule has 1 atom stereocenters. The van der Waals surface area contributed by atoms with Crippen molar-refractivity contribution in [2.45, 2.75) is 32.7 Å². The molecule has 0 spiro atoms. The van der Waals surface area contributed by atoms with Crippen molar-refractivity contribution in [2.24, 2.45) is 11.7 Å². The molecule has 1 aromatic rings. The highest BCUT2D eigenvalue weighted by Gasteiger charge is 2.36. The standard InChI is InChI=1S/C13H19NO2/c1-9(2)8-13(14,12(15)16)11-6-4-10(3)5-7-11/h4-7,9H,8,14H2,1-3H3,(H,15,16)/t13-/m1/s1. The lowest BCUT2D eigenvalue weighted by Gasteiger charge is -2.27. The number of aliphatic carboxylic acids is 1. The van der Waals surface area contributed by atoms with Crippen LogP contribution in [-0.2, 0) is 10.3 Å². The van der Waals surface area contributed by atoms with E-state index in [2.05, 4.69) is 0 Å². The fourth-order valence-electron chi connectivity index (χ4n) is 1.82. The molecular formula is C13H19NO2. The molecule has 0 radical (unpaired) electrons. The van der Waals surface area contributed by atoms with Gasteiger partial charge in [-0.3, -0.25) is 0 Å². The summed E-state index contributed by atoms with van der Waals surface area (Å²) in [4.78, 5) is 11.3. The van der Waals surface area contributed by atoms with E-state index in [9.17, 15) is 9.90 Å². The SMILES string of the molecule is Cc1ccc([C@](N)(CC(C)C)C(=O)O)cc1. The van der Waals surface area contributed by atoms with Crippen molar-refractivity contribution in [1.29, 1.82) is 0 Å². The Bertz CT molecular complexity index is 370. The third-order valence-electron chi connectivity index (χ3n) is 2.68. The van der Waals surface area contributed by atoms with E-state index in [-0.39, 0.29) is 5.92 Å². The van der Waals surface area contributed by atoms with Gasteiger partial charge in [0.1, 0.15) is 5.54 Å². The summed E-state index contributed by atoms with van der Waals surface area (Å²) in [6, 6.07) is 7.37. The number of hydrogen-bond donors (Lipinski definition) is 2. The second-order valence-electron chi connectivity index (χ2n) is 4.74. The summed E-state index contributed by atoms with van der Waals surface area (Å²) in [5.74, 6) is -0.729. The van der Waals surface area contributed by atoms with Crippen LogP contribution in [0, 0.1) is 12.8 Å². The van der Waals surface area contributed by atoms with E-state index in [1.54, 1.807) is 12.1 Å². The Morgan fingerprint density at radius 3 is 2.25 bits per heavy atom. The van der Waals surface area contributed by atoms with Gasteiger partial charge in [-0.25, -0.2) is 4.79 Å². The van der Waals surface area contributed by atoms with Gasteiger partial charge in [-0.05, 0) is 24.8 Å². The second kappa shape index (κ2) is 4.66. The maximum atomic E-state index is 11.3. The third-order valence-corrected chi connectivity index (χ3v) is 2.68. The molecule has 3 heteroatoms. The second-order valence-corrected chi connectivity index (χ2v) is 4.74. The van der Waals surface area contributed by atoms with Gasteiger partial charge in [-0.15, -0.1) is 0 Å². The van der Waals surface area contributed by atoms with Gasteiger partial charge in [-0.2, -0.15) is 0 Å². The van der Waals surface area contributed by atoms with Crippen molar-refractivity contribution < 1.29 is 9.90 Å². The lowest BCUT2D eigenvalue weighted by atomic mass is 9.83. The third kappa shape index (κ3) is 2.61. The molecule has 0 aliphatic rings. The quantitative estimate of drug-likeness (QED) is 0.819. The molecule has 88 valence electrons. The normalized spacial score (nSPS) is 14.8. The molecule has 0 heterocycles. The van der Waals surface area contributed by atoms with Crippen molar-refractivity contribution in [3.63, 3.8) is 0 Å². The largest absolute Gasteiger partial charge is 0.480 e. The van der Waals surface area contributed by atoms with Crippen LogP contribution in [0.15, 0.2) is 24.3 Å². The number of nitrogens with two attached hydrogens (primary N) is 1. The van der Waals surface area contributed by atoms with Crippen molar-refractivity contribution in [3.05, 3.63) is 35.4 Å². The highest BCUT2D eigenvalue weighted by molar-refractivity contribution is 5.80. The summed E-state index contributed by atoms with van der Waals surface area (Å²) < 4.78 is 0. The van der Waals surface area contributed by atoms with E-state index in [4.69, 9.17) is 5.73 Å². The molecule has 0 saturated heterocycles. The fourth-order valence-corrected chi connectivity index (χ4v) is 1.82. The van der Waals surface area contributed by atoms with Gasteiger partial charge < -0.3 is 10.8 Å². The van der Waals surface area contributed by atoms with Crippen LogP contribution in [0.25, 0.3) is 0 Å². The summed E-state index contributed by atoms with van der Waals surface area (Å²) in [5.41, 5.74) is 6.50. The smallest absolute Gasteiger partial charge is 0.328 e. The molecule has 0 amide bonds. The minimum absolute atomic E-state index is 0.238. The number of benzene rings is 1. The summed E-state index contributed by atoms with van der Waals surface area (Å²) in [7, 11) is 0. The molecule has 0 bridgehead atoms. The topological polar surface area (TPSA) is 63.3 Å². The molecule has 3 N–H and O–H groups in total. The highest BCUT2D eigenvalue weighted by atomic mass is 16.4. The van der Waals surface area contributed by atoms with Crippen LogP contribution in [0.5, 0.6) is 0 Å². The average Bonchev–Trinajstić information content (AvgIpc) is 2.17. The highest BCUT2D eigenvalue weighted by Crippen LogP contribution is 2.26. The number of carbonyl (C=O) groups is 1. The molecule has 0 aromatic heterocycles. The van der Waals surface area contributed by atoms with E-state index in [1.807, 2.05) is 32.9 Å². The molecule has 16 heavy (non-hydrogen) atoms. The van der Waals surface area contributed by atoms with E-state index in [0.29, 0.717) is 12.0 Å². The predicted octanol–water partition coefficient (Wildman–Crippen LogP) is 2.28. The summed E-state index contributed by atoms with van der Waals surface area (Å²) >= 11 is 0. The first-order valence-corrected chi connectivity index (χ1v) is 5.45. The lowest BCUT2D eigenvalue weighted by molar-refractivity contribution is -0.144. The molecule has 0 unspecified atom stereocenters. The number of aryl methyl sites for hydroxylation is 1. The van der Waals surface area contributed by atoms with Crippen LogP contribution < -0.4 is 5.73 Å².